The highest BCUT2D eigenvalue weighted by molar-refractivity contribution is 5.87. The van der Waals surface area contributed by atoms with Crippen molar-refractivity contribution in [3.63, 3.8) is 0 Å². The molecule has 25 heavy (non-hydrogen) atoms. The van der Waals surface area contributed by atoms with Gasteiger partial charge in [0.1, 0.15) is 0 Å². The Morgan fingerprint density at radius 3 is 2.60 bits per heavy atom. The third-order valence-electron chi connectivity index (χ3n) is 4.75. The van der Waals surface area contributed by atoms with E-state index in [4.69, 9.17) is 0 Å². The number of amides is 1. The molecule has 0 radical (unpaired) electrons. The molecular weight excluding hydrogens is 310 g/mol. The fourth-order valence-electron chi connectivity index (χ4n) is 2.94. The molecule has 2 N–H and O–H groups in total. The van der Waals surface area contributed by atoms with Crippen molar-refractivity contribution in [2.75, 3.05) is 6.54 Å². The van der Waals surface area contributed by atoms with Gasteiger partial charge in [0, 0.05) is 12.6 Å². The van der Waals surface area contributed by atoms with E-state index in [1.807, 2.05) is 6.08 Å². The Morgan fingerprint density at radius 2 is 1.92 bits per heavy atom. The molecule has 0 heterocycles. The van der Waals surface area contributed by atoms with Crippen LogP contribution in [0.2, 0.25) is 0 Å². The summed E-state index contributed by atoms with van der Waals surface area (Å²) in [6.45, 7) is 8.99. The summed E-state index contributed by atoms with van der Waals surface area (Å²) < 4.78 is 0. The first kappa shape index (κ1) is 21.4. The van der Waals surface area contributed by atoms with Crippen LogP contribution in [0.15, 0.2) is 47.6 Å². The van der Waals surface area contributed by atoms with E-state index < -0.39 is 0 Å². The van der Waals surface area contributed by atoms with Crippen molar-refractivity contribution in [1.82, 2.24) is 5.32 Å². The lowest BCUT2D eigenvalue weighted by Gasteiger charge is -2.29. The van der Waals surface area contributed by atoms with Crippen LogP contribution >= 0.6 is 0 Å². The van der Waals surface area contributed by atoms with Gasteiger partial charge in [-0.2, -0.15) is 0 Å². The fraction of sp³-hybridized carbons (Fsp3) is 0.591. The number of hydrogen-bond donors (Lipinski definition) is 2. The van der Waals surface area contributed by atoms with Crippen LogP contribution in [0, 0.1) is 11.8 Å². The maximum Gasteiger partial charge on any atom is 0.244 e. The van der Waals surface area contributed by atoms with E-state index in [1.54, 1.807) is 12.2 Å². The molecule has 1 saturated carbocycles. The summed E-state index contributed by atoms with van der Waals surface area (Å²) in [6, 6.07) is 0. The number of allylic oxidation sites excluding steroid dienone is 6. The Bertz CT molecular complexity index is 524. The lowest BCUT2D eigenvalue weighted by Crippen LogP contribution is -2.26. The second-order valence-corrected chi connectivity index (χ2v) is 7.48. The van der Waals surface area contributed by atoms with E-state index in [1.165, 1.54) is 11.1 Å². The van der Waals surface area contributed by atoms with E-state index in [9.17, 15) is 9.90 Å². The van der Waals surface area contributed by atoms with Crippen LogP contribution in [0.3, 0.4) is 0 Å². The minimum Gasteiger partial charge on any atom is -0.393 e. The van der Waals surface area contributed by atoms with Gasteiger partial charge in [-0.25, -0.2) is 0 Å². The molecule has 3 heteroatoms. The van der Waals surface area contributed by atoms with Gasteiger partial charge in [-0.05, 0) is 64.7 Å². The van der Waals surface area contributed by atoms with Crippen molar-refractivity contribution >= 4 is 5.91 Å². The molecule has 3 unspecified atom stereocenters. The molecule has 1 aliphatic rings. The van der Waals surface area contributed by atoms with Crippen LogP contribution in [0.1, 0.15) is 59.8 Å². The fourth-order valence-corrected chi connectivity index (χ4v) is 2.94. The minimum atomic E-state index is -0.192. The zero-order valence-electron chi connectivity index (χ0n) is 16.3. The van der Waals surface area contributed by atoms with Crippen LogP contribution in [-0.4, -0.2) is 23.7 Å². The molecular formula is C22H35NO2. The van der Waals surface area contributed by atoms with E-state index in [-0.39, 0.29) is 12.0 Å². The van der Waals surface area contributed by atoms with Crippen LogP contribution in [0.5, 0.6) is 0 Å². The highest BCUT2D eigenvalue weighted by Crippen LogP contribution is 2.29. The minimum absolute atomic E-state index is 0.0738. The van der Waals surface area contributed by atoms with Crippen LogP contribution in [-0.2, 0) is 4.79 Å². The summed E-state index contributed by atoms with van der Waals surface area (Å²) in [5, 5.41) is 12.8. The molecule has 1 fully saturated rings. The number of rotatable bonds is 8. The monoisotopic (exact) mass is 345 g/mol. The summed E-state index contributed by atoms with van der Waals surface area (Å²) >= 11 is 0. The molecule has 0 spiro atoms. The average Bonchev–Trinajstić information content (AvgIpc) is 2.54. The molecule has 0 aliphatic heterocycles. The normalized spacial score (nSPS) is 24.7. The molecule has 3 atom stereocenters. The third-order valence-corrected chi connectivity index (χ3v) is 4.75. The Hall–Kier alpha value is -1.61. The first-order valence-electron chi connectivity index (χ1n) is 9.48. The van der Waals surface area contributed by atoms with E-state index in [2.05, 4.69) is 51.2 Å². The molecule has 0 aromatic carbocycles. The number of hydrogen-bond acceptors (Lipinski definition) is 2. The lowest BCUT2D eigenvalue weighted by atomic mass is 9.81. The van der Waals surface area contributed by atoms with E-state index in [0.717, 1.165) is 32.1 Å². The van der Waals surface area contributed by atoms with Gasteiger partial charge in [-0.15, -0.1) is 0 Å². The summed E-state index contributed by atoms with van der Waals surface area (Å²) in [4.78, 5) is 11.8. The van der Waals surface area contributed by atoms with Crippen molar-refractivity contribution in [3.05, 3.63) is 47.6 Å². The molecule has 0 aromatic rings. The van der Waals surface area contributed by atoms with Crippen LogP contribution in [0.25, 0.3) is 0 Å². The van der Waals surface area contributed by atoms with Crippen molar-refractivity contribution < 1.29 is 9.90 Å². The van der Waals surface area contributed by atoms with Gasteiger partial charge in [0.15, 0.2) is 0 Å². The predicted octanol–water partition coefficient (Wildman–Crippen LogP) is 4.70. The quantitative estimate of drug-likeness (QED) is 0.380. The maximum atomic E-state index is 11.8. The summed E-state index contributed by atoms with van der Waals surface area (Å²) in [5.74, 6) is 0.755. The lowest BCUT2D eigenvalue weighted by molar-refractivity contribution is -0.116. The molecule has 1 aliphatic carbocycles. The van der Waals surface area contributed by atoms with E-state index in [0.29, 0.717) is 18.4 Å². The largest absolute Gasteiger partial charge is 0.393 e. The van der Waals surface area contributed by atoms with Crippen molar-refractivity contribution in [1.29, 1.82) is 0 Å². The molecule has 0 bridgehead atoms. The van der Waals surface area contributed by atoms with Gasteiger partial charge in [-0.3, -0.25) is 4.79 Å². The molecule has 140 valence electrons. The Morgan fingerprint density at radius 1 is 1.16 bits per heavy atom. The van der Waals surface area contributed by atoms with Crippen molar-refractivity contribution in [3.8, 4) is 0 Å². The highest BCUT2D eigenvalue weighted by atomic mass is 16.3. The number of carbonyl (C=O) groups excluding carboxylic acids is 1. The Labute approximate surface area is 153 Å². The standard InChI is InChI=1S/C22H35NO2/c1-17(2)8-7-9-18(3)14-15-23-22(25)11-6-5-10-20-13-12-19(4)21(24)16-20/h5-6,8,10-11,14,19-21,24H,7,9,12-13,15-16H2,1-4H3,(H,23,25)/b10-5+,11-6+,18-14+. The van der Waals surface area contributed by atoms with Gasteiger partial charge < -0.3 is 10.4 Å². The predicted molar refractivity (Wildman–Crippen MR) is 106 cm³/mol. The number of nitrogens with one attached hydrogen (secondary N) is 1. The molecule has 0 aromatic heterocycles. The molecule has 1 rings (SSSR count). The summed E-state index contributed by atoms with van der Waals surface area (Å²) in [7, 11) is 0. The highest BCUT2D eigenvalue weighted by Gasteiger charge is 2.24. The van der Waals surface area contributed by atoms with Gasteiger partial charge in [0.25, 0.3) is 0 Å². The second-order valence-electron chi connectivity index (χ2n) is 7.48. The topological polar surface area (TPSA) is 49.3 Å². The second kappa shape index (κ2) is 11.9. The average molecular weight is 346 g/mol. The summed E-state index contributed by atoms with van der Waals surface area (Å²) in [6.07, 6.45) is 16.6. The first-order valence-corrected chi connectivity index (χ1v) is 9.48. The zero-order valence-corrected chi connectivity index (χ0v) is 16.3. The van der Waals surface area contributed by atoms with Gasteiger partial charge in [0.05, 0.1) is 6.10 Å². The summed E-state index contributed by atoms with van der Waals surface area (Å²) in [5.41, 5.74) is 2.64. The third kappa shape index (κ3) is 10.1. The molecule has 3 nitrogen and oxygen atoms in total. The van der Waals surface area contributed by atoms with Crippen LogP contribution in [0.4, 0.5) is 0 Å². The zero-order chi connectivity index (χ0) is 18.7. The maximum absolute atomic E-state index is 11.8. The first-order chi connectivity index (χ1) is 11.9. The Kier molecular flexibility index (Phi) is 10.2. The number of aliphatic hydroxyl groups is 1. The smallest absolute Gasteiger partial charge is 0.244 e. The number of aliphatic hydroxyl groups excluding tert-OH is 1. The van der Waals surface area contributed by atoms with Gasteiger partial charge in [0.2, 0.25) is 5.91 Å². The van der Waals surface area contributed by atoms with Gasteiger partial charge in [-0.1, -0.05) is 48.5 Å². The molecule has 0 saturated heterocycles. The SMILES string of the molecule is CC(C)=CCC/C(C)=C/CNC(=O)/C=C/C=C/C1CCC(C)C(O)C1. The van der Waals surface area contributed by atoms with Crippen LogP contribution < -0.4 is 5.32 Å². The Balaban J connectivity index is 2.24. The van der Waals surface area contributed by atoms with Crippen molar-refractivity contribution in [2.45, 2.75) is 65.9 Å². The van der Waals surface area contributed by atoms with Gasteiger partial charge >= 0.3 is 0 Å². The van der Waals surface area contributed by atoms with Crippen molar-refractivity contribution in [2.24, 2.45) is 11.8 Å². The number of carbonyl (C=O) groups is 1. The molecule has 1 amide bonds. The van der Waals surface area contributed by atoms with E-state index >= 15 is 0 Å².